The maximum atomic E-state index is 11.5. The SMILES string of the molecule is O=C1CCCC1CCN1CCCCC1CO. The molecule has 1 N–H and O–H groups in total. The van der Waals surface area contributed by atoms with E-state index in [4.69, 9.17) is 0 Å². The predicted molar refractivity (Wildman–Crippen MR) is 63.3 cm³/mol. The van der Waals surface area contributed by atoms with Crippen molar-refractivity contribution in [3.8, 4) is 0 Å². The molecule has 3 nitrogen and oxygen atoms in total. The van der Waals surface area contributed by atoms with Crippen molar-refractivity contribution in [3.63, 3.8) is 0 Å². The fourth-order valence-electron chi connectivity index (χ4n) is 3.08. The highest BCUT2D eigenvalue weighted by molar-refractivity contribution is 5.82. The Hall–Kier alpha value is -0.410. The summed E-state index contributed by atoms with van der Waals surface area (Å²) in [5, 5.41) is 9.30. The van der Waals surface area contributed by atoms with E-state index in [2.05, 4.69) is 4.90 Å². The molecule has 1 saturated heterocycles. The lowest BCUT2D eigenvalue weighted by Gasteiger charge is -2.35. The number of aliphatic hydroxyl groups excluding tert-OH is 1. The standard InChI is InChI=1S/C13H23NO2/c15-10-12-5-1-2-8-14(12)9-7-11-4-3-6-13(11)16/h11-12,15H,1-10H2. The summed E-state index contributed by atoms with van der Waals surface area (Å²) in [6.07, 6.45) is 7.60. The number of hydrogen-bond acceptors (Lipinski definition) is 3. The summed E-state index contributed by atoms with van der Waals surface area (Å²) in [5.74, 6) is 0.791. The smallest absolute Gasteiger partial charge is 0.136 e. The van der Waals surface area contributed by atoms with Crippen LogP contribution in [0.3, 0.4) is 0 Å². The van der Waals surface area contributed by atoms with Crippen LogP contribution in [0.5, 0.6) is 0 Å². The van der Waals surface area contributed by atoms with Gasteiger partial charge in [0.2, 0.25) is 0 Å². The zero-order valence-electron chi connectivity index (χ0n) is 10.0. The summed E-state index contributed by atoms with van der Waals surface area (Å²) in [5.41, 5.74) is 0. The van der Waals surface area contributed by atoms with E-state index in [0.717, 1.165) is 45.2 Å². The molecule has 1 aliphatic heterocycles. The van der Waals surface area contributed by atoms with Gasteiger partial charge >= 0.3 is 0 Å². The fraction of sp³-hybridized carbons (Fsp3) is 0.923. The van der Waals surface area contributed by atoms with Gasteiger partial charge < -0.3 is 5.11 Å². The average molecular weight is 225 g/mol. The number of hydrogen-bond donors (Lipinski definition) is 1. The molecule has 16 heavy (non-hydrogen) atoms. The van der Waals surface area contributed by atoms with Gasteiger partial charge in [0.05, 0.1) is 6.61 Å². The van der Waals surface area contributed by atoms with Crippen molar-refractivity contribution >= 4 is 5.78 Å². The van der Waals surface area contributed by atoms with Gasteiger partial charge in [-0.05, 0) is 45.2 Å². The molecule has 2 aliphatic rings. The lowest BCUT2D eigenvalue weighted by Crippen LogP contribution is -2.42. The van der Waals surface area contributed by atoms with Crippen LogP contribution in [-0.2, 0) is 4.79 Å². The molecule has 1 heterocycles. The second kappa shape index (κ2) is 5.78. The predicted octanol–water partition coefficient (Wildman–Crippen LogP) is 1.59. The summed E-state index contributed by atoms with van der Waals surface area (Å²) >= 11 is 0. The van der Waals surface area contributed by atoms with Crippen molar-refractivity contribution in [2.75, 3.05) is 19.7 Å². The van der Waals surface area contributed by atoms with Crippen molar-refractivity contribution in [1.82, 2.24) is 4.90 Å². The number of piperidine rings is 1. The van der Waals surface area contributed by atoms with Gasteiger partial charge in [0.25, 0.3) is 0 Å². The van der Waals surface area contributed by atoms with Crippen LogP contribution >= 0.6 is 0 Å². The monoisotopic (exact) mass is 225 g/mol. The van der Waals surface area contributed by atoms with Crippen LogP contribution in [0.4, 0.5) is 0 Å². The Morgan fingerprint density at radius 2 is 2.12 bits per heavy atom. The van der Waals surface area contributed by atoms with Crippen LogP contribution in [0, 0.1) is 5.92 Å². The van der Waals surface area contributed by atoms with Crippen LogP contribution in [0.2, 0.25) is 0 Å². The first-order valence-electron chi connectivity index (χ1n) is 6.69. The molecule has 3 heteroatoms. The number of ketones is 1. The van der Waals surface area contributed by atoms with Crippen molar-refractivity contribution < 1.29 is 9.90 Å². The van der Waals surface area contributed by atoms with E-state index in [1.54, 1.807) is 0 Å². The summed E-state index contributed by atoms with van der Waals surface area (Å²) in [4.78, 5) is 13.9. The van der Waals surface area contributed by atoms with Crippen LogP contribution in [0.25, 0.3) is 0 Å². The first-order chi connectivity index (χ1) is 7.81. The van der Waals surface area contributed by atoms with Gasteiger partial charge in [0.1, 0.15) is 5.78 Å². The fourth-order valence-corrected chi connectivity index (χ4v) is 3.08. The van der Waals surface area contributed by atoms with E-state index < -0.39 is 0 Å². The molecule has 92 valence electrons. The molecule has 0 aromatic heterocycles. The van der Waals surface area contributed by atoms with E-state index in [9.17, 15) is 9.90 Å². The van der Waals surface area contributed by atoms with E-state index in [1.165, 1.54) is 12.8 Å². The van der Waals surface area contributed by atoms with Gasteiger partial charge in [-0.25, -0.2) is 0 Å². The molecule has 0 spiro atoms. The van der Waals surface area contributed by atoms with Crippen molar-refractivity contribution in [3.05, 3.63) is 0 Å². The maximum absolute atomic E-state index is 11.5. The van der Waals surface area contributed by atoms with E-state index in [-0.39, 0.29) is 6.61 Å². The normalized spacial score (nSPS) is 32.2. The number of carbonyl (C=O) groups is 1. The van der Waals surface area contributed by atoms with Gasteiger partial charge in [0, 0.05) is 18.4 Å². The molecule has 0 bridgehead atoms. The van der Waals surface area contributed by atoms with Crippen molar-refractivity contribution in [1.29, 1.82) is 0 Å². The topological polar surface area (TPSA) is 40.5 Å². The highest BCUT2D eigenvalue weighted by Gasteiger charge is 2.27. The van der Waals surface area contributed by atoms with E-state index in [0.29, 0.717) is 17.7 Å². The Bertz CT molecular complexity index is 242. The van der Waals surface area contributed by atoms with Crippen molar-refractivity contribution in [2.24, 2.45) is 5.92 Å². The zero-order chi connectivity index (χ0) is 11.4. The second-order valence-corrected chi connectivity index (χ2v) is 5.21. The van der Waals surface area contributed by atoms with Crippen LogP contribution in [0.1, 0.15) is 44.9 Å². The van der Waals surface area contributed by atoms with Gasteiger partial charge in [-0.15, -0.1) is 0 Å². The summed E-state index contributed by atoms with van der Waals surface area (Å²) < 4.78 is 0. The minimum atomic E-state index is 0.276. The third kappa shape index (κ3) is 2.83. The van der Waals surface area contributed by atoms with Crippen molar-refractivity contribution in [2.45, 2.75) is 51.0 Å². The number of likely N-dealkylation sites (tertiary alicyclic amines) is 1. The number of Topliss-reactive ketones (excluding diaryl/α,β-unsaturated/α-hetero) is 1. The van der Waals surface area contributed by atoms with Gasteiger partial charge in [-0.1, -0.05) is 6.42 Å². The average Bonchev–Trinajstić information content (AvgIpc) is 2.72. The second-order valence-electron chi connectivity index (χ2n) is 5.21. The van der Waals surface area contributed by atoms with Crippen LogP contribution < -0.4 is 0 Å². The Balaban J connectivity index is 1.77. The van der Waals surface area contributed by atoms with Gasteiger partial charge in [-0.2, -0.15) is 0 Å². The lowest BCUT2D eigenvalue weighted by molar-refractivity contribution is -0.121. The molecule has 2 atom stereocenters. The maximum Gasteiger partial charge on any atom is 0.136 e. The lowest BCUT2D eigenvalue weighted by atomic mass is 9.99. The molecule has 0 aromatic carbocycles. The Morgan fingerprint density at radius 1 is 1.25 bits per heavy atom. The van der Waals surface area contributed by atoms with Crippen LogP contribution in [-0.4, -0.2) is 41.5 Å². The molecular weight excluding hydrogens is 202 g/mol. The van der Waals surface area contributed by atoms with E-state index in [1.807, 2.05) is 0 Å². The highest BCUT2D eigenvalue weighted by atomic mass is 16.3. The zero-order valence-corrected chi connectivity index (χ0v) is 10.0. The largest absolute Gasteiger partial charge is 0.395 e. The van der Waals surface area contributed by atoms with Gasteiger partial charge in [0.15, 0.2) is 0 Å². The van der Waals surface area contributed by atoms with E-state index >= 15 is 0 Å². The molecule has 0 radical (unpaired) electrons. The highest BCUT2D eigenvalue weighted by Crippen LogP contribution is 2.26. The third-order valence-electron chi connectivity index (χ3n) is 4.16. The summed E-state index contributed by atoms with van der Waals surface area (Å²) in [6, 6.07) is 0.352. The molecule has 2 unspecified atom stereocenters. The number of nitrogens with zero attached hydrogens (tertiary/aromatic N) is 1. The summed E-state index contributed by atoms with van der Waals surface area (Å²) in [6.45, 7) is 2.38. The third-order valence-corrected chi connectivity index (χ3v) is 4.16. The first-order valence-corrected chi connectivity index (χ1v) is 6.69. The first kappa shape index (κ1) is 12.1. The minimum absolute atomic E-state index is 0.276. The Labute approximate surface area is 97.8 Å². The molecule has 2 rings (SSSR count). The quantitative estimate of drug-likeness (QED) is 0.790. The Kier molecular flexibility index (Phi) is 4.36. The minimum Gasteiger partial charge on any atom is -0.395 e. The molecule has 1 saturated carbocycles. The number of aliphatic hydroxyl groups is 1. The summed E-state index contributed by atoms with van der Waals surface area (Å²) in [7, 11) is 0. The molecule has 1 aliphatic carbocycles. The van der Waals surface area contributed by atoms with Crippen LogP contribution in [0.15, 0.2) is 0 Å². The molecule has 0 aromatic rings. The molecular formula is C13H23NO2. The number of rotatable bonds is 4. The Morgan fingerprint density at radius 3 is 2.81 bits per heavy atom. The van der Waals surface area contributed by atoms with Gasteiger partial charge in [-0.3, -0.25) is 9.69 Å². The number of carbonyl (C=O) groups excluding carboxylic acids is 1. The molecule has 2 fully saturated rings. The molecule has 0 amide bonds.